The van der Waals surface area contributed by atoms with Crippen LogP contribution in [0.3, 0.4) is 0 Å². The minimum atomic E-state index is -0.320. The van der Waals surface area contributed by atoms with Crippen molar-refractivity contribution in [3.05, 3.63) is 46.3 Å². The molecule has 0 bridgehead atoms. The fourth-order valence-electron chi connectivity index (χ4n) is 2.37. The molecule has 1 N–H and O–H groups in total. The molecule has 4 nitrogen and oxygen atoms in total. The smallest absolute Gasteiger partial charge is 0.236 e. The summed E-state index contributed by atoms with van der Waals surface area (Å²) in [4.78, 5) is 13.5. The van der Waals surface area contributed by atoms with Gasteiger partial charge in [-0.05, 0) is 18.6 Å². The number of thiophene rings is 1. The van der Waals surface area contributed by atoms with E-state index in [0.717, 1.165) is 22.6 Å². The van der Waals surface area contributed by atoms with E-state index in [2.05, 4.69) is 11.4 Å². The summed E-state index contributed by atoms with van der Waals surface area (Å²) in [6, 6.07) is 11.5. The van der Waals surface area contributed by atoms with Gasteiger partial charge in [-0.3, -0.25) is 4.79 Å². The summed E-state index contributed by atoms with van der Waals surface area (Å²) in [5.41, 5.74) is 1.43. The number of carbonyl (C=O) groups is 1. The molecule has 0 saturated heterocycles. The topological polar surface area (TPSA) is 62.1 Å². The van der Waals surface area contributed by atoms with Crippen LogP contribution in [-0.2, 0) is 11.2 Å². The summed E-state index contributed by atoms with van der Waals surface area (Å²) >= 11 is 1.46. The Morgan fingerprint density at radius 2 is 2.33 bits per heavy atom. The average molecular weight is 298 g/mol. The first kappa shape index (κ1) is 13.7. The Morgan fingerprint density at radius 1 is 1.52 bits per heavy atom. The van der Waals surface area contributed by atoms with Gasteiger partial charge in [0.05, 0.1) is 5.56 Å². The van der Waals surface area contributed by atoms with E-state index in [1.54, 1.807) is 0 Å². The number of anilines is 1. The number of hydrogen-bond donors (Lipinski definition) is 1. The lowest BCUT2D eigenvalue weighted by Crippen LogP contribution is -2.22. The monoisotopic (exact) mass is 298 g/mol. The Kier molecular flexibility index (Phi) is 3.63. The zero-order valence-electron chi connectivity index (χ0n) is 11.6. The zero-order chi connectivity index (χ0) is 14.8. The Balaban J connectivity index is 1.82. The molecule has 0 radical (unpaired) electrons. The quantitative estimate of drug-likeness (QED) is 0.945. The third-order valence-electron chi connectivity index (χ3n) is 3.51. The Bertz CT molecular complexity index is 730. The van der Waals surface area contributed by atoms with Gasteiger partial charge in [-0.2, -0.15) is 5.26 Å². The third kappa shape index (κ3) is 2.50. The molecule has 0 fully saturated rings. The molecule has 0 spiro atoms. The van der Waals surface area contributed by atoms with Crippen molar-refractivity contribution in [1.29, 1.82) is 5.26 Å². The van der Waals surface area contributed by atoms with Crippen LogP contribution in [0.1, 0.15) is 28.8 Å². The van der Waals surface area contributed by atoms with Gasteiger partial charge in [0.2, 0.25) is 5.91 Å². The molecule has 1 aliphatic rings. The van der Waals surface area contributed by atoms with Crippen molar-refractivity contribution in [2.24, 2.45) is 0 Å². The molecule has 5 heteroatoms. The van der Waals surface area contributed by atoms with E-state index in [4.69, 9.17) is 10.00 Å². The molecule has 3 rings (SSSR count). The van der Waals surface area contributed by atoms with Crippen molar-refractivity contribution in [2.75, 3.05) is 11.9 Å². The van der Waals surface area contributed by atoms with Crippen LogP contribution in [0.2, 0.25) is 0 Å². The highest BCUT2D eigenvalue weighted by atomic mass is 32.1. The minimum Gasteiger partial charge on any atom is -0.492 e. The van der Waals surface area contributed by atoms with Crippen LogP contribution in [0.4, 0.5) is 5.00 Å². The van der Waals surface area contributed by atoms with Gasteiger partial charge < -0.3 is 10.1 Å². The number of carbonyl (C=O) groups excluding carboxylic acids is 1. The van der Waals surface area contributed by atoms with Crippen LogP contribution in [0.15, 0.2) is 30.3 Å². The number of nitrogens with zero attached hydrogens (tertiary/aromatic N) is 1. The first-order valence-electron chi connectivity index (χ1n) is 6.78. The number of fused-ring (bicyclic) bond motifs is 1. The normalized spacial score (nSPS) is 15.9. The average Bonchev–Trinajstić information content (AvgIpc) is 3.10. The van der Waals surface area contributed by atoms with E-state index in [1.807, 2.05) is 37.3 Å². The van der Waals surface area contributed by atoms with Gasteiger partial charge in [-0.1, -0.05) is 25.1 Å². The van der Waals surface area contributed by atoms with Crippen LogP contribution >= 0.6 is 11.3 Å². The van der Waals surface area contributed by atoms with Crippen molar-refractivity contribution in [2.45, 2.75) is 19.3 Å². The Hall–Kier alpha value is -2.32. The van der Waals surface area contributed by atoms with Crippen LogP contribution < -0.4 is 10.1 Å². The van der Waals surface area contributed by atoms with Crippen molar-refractivity contribution < 1.29 is 9.53 Å². The summed E-state index contributed by atoms with van der Waals surface area (Å²) in [6.45, 7) is 2.37. The highest BCUT2D eigenvalue weighted by Gasteiger charge is 2.30. The second kappa shape index (κ2) is 5.58. The van der Waals surface area contributed by atoms with E-state index in [1.165, 1.54) is 11.3 Å². The van der Waals surface area contributed by atoms with Gasteiger partial charge >= 0.3 is 0 Å². The zero-order valence-corrected chi connectivity index (χ0v) is 12.4. The molecule has 0 aliphatic carbocycles. The molecular weight excluding hydrogens is 284 g/mol. The van der Waals surface area contributed by atoms with E-state index in [0.29, 0.717) is 17.2 Å². The summed E-state index contributed by atoms with van der Waals surface area (Å²) in [7, 11) is 0. The van der Waals surface area contributed by atoms with E-state index >= 15 is 0 Å². The van der Waals surface area contributed by atoms with Crippen molar-refractivity contribution in [3.63, 3.8) is 0 Å². The van der Waals surface area contributed by atoms with Crippen molar-refractivity contribution in [1.82, 2.24) is 0 Å². The fourth-order valence-corrected chi connectivity index (χ4v) is 3.32. The predicted octanol–water partition coefficient (Wildman–Crippen LogP) is 3.30. The Labute approximate surface area is 127 Å². The van der Waals surface area contributed by atoms with Crippen LogP contribution in [0.25, 0.3) is 0 Å². The molecule has 21 heavy (non-hydrogen) atoms. The molecule has 106 valence electrons. The second-order valence-corrected chi connectivity index (χ2v) is 5.95. The summed E-state index contributed by atoms with van der Waals surface area (Å²) in [5.74, 6) is 0.319. The summed E-state index contributed by atoms with van der Waals surface area (Å²) in [6.07, 6.45) is 0.852. The number of hydrogen-bond acceptors (Lipinski definition) is 4. The number of benzene rings is 1. The lowest BCUT2D eigenvalue weighted by atomic mass is 10.0. The molecule has 1 amide bonds. The predicted molar refractivity (Wildman–Crippen MR) is 81.7 cm³/mol. The van der Waals surface area contributed by atoms with Crippen molar-refractivity contribution in [3.8, 4) is 11.8 Å². The number of amides is 1. The first-order chi connectivity index (χ1) is 10.2. The lowest BCUT2D eigenvalue weighted by Gasteiger charge is -2.09. The van der Waals surface area contributed by atoms with E-state index in [-0.39, 0.29) is 11.8 Å². The molecule has 1 aromatic heterocycles. The standard InChI is InChI=1S/C16H14N2O2S/c1-2-11-7-10(8-17)16(21-11)18-15(19)13-9-20-14-6-4-3-5-12(13)14/h3-7,13H,2,9H2,1H3,(H,18,19)/t13-/m0/s1. The summed E-state index contributed by atoms with van der Waals surface area (Å²) in [5, 5.41) is 12.6. The number of nitrogens with one attached hydrogen (secondary N) is 1. The van der Waals surface area contributed by atoms with Gasteiger partial charge in [-0.15, -0.1) is 11.3 Å². The fraction of sp³-hybridized carbons (Fsp3) is 0.250. The maximum absolute atomic E-state index is 12.4. The van der Waals surface area contributed by atoms with Gasteiger partial charge in [-0.25, -0.2) is 0 Å². The molecule has 2 heterocycles. The molecule has 1 atom stereocenters. The van der Waals surface area contributed by atoms with Crippen LogP contribution in [-0.4, -0.2) is 12.5 Å². The maximum Gasteiger partial charge on any atom is 0.236 e. The number of ether oxygens (including phenoxy) is 1. The molecule has 1 aromatic carbocycles. The first-order valence-corrected chi connectivity index (χ1v) is 7.60. The maximum atomic E-state index is 12.4. The third-order valence-corrected chi connectivity index (χ3v) is 4.70. The second-order valence-electron chi connectivity index (χ2n) is 4.81. The van der Waals surface area contributed by atoms with Gasteiger partial charge in [0, 0.05) is 10.4 Å². The van der Waals surface area contributed by atoms with Gasteiger partial charge in [0.25, 0.3) is 0 Å². The minimum absolute atomic E-state index is 0.124. The molecule has 0 saturated carbocycles. The number of para-hydroxylation sites is 1. The molecular formula is C16H14N2O2S. The SMILES string of the molecule is CCc1cc(C#N)c(NC(=O)[C@H]2COc3ccccc32)s1. The number of rotatable bonds is 3. The highest BCUT2D eigenvalue weighted by Crippen LogP contribution is 2.35. The molecule has 0 unspecified atom stereocenters. The van der Waals surface area contributed by atoms with Crippen molar-refractivity contribution >= 4 is 22.2 Å². The lowest BCUT2D eigenvalue weighted by molar-refractivity contribution is -0.117. The highest BCUT2D eigenvalue weighted by molar-refractivity contribution is 7.16. The summed E-state index contributed by atoms with van der Waals surface area (Å²) < 4.78 is 5.53. The van der Waals surface area contributed by atoms with E-state index < -0.39 is 0 Å². The molecule has 2 aromatic rings. The number of aryl methyl sites for hydroxylation is 1. The van der Waals surface area contributed by atoms with Crippen LogP contribution in [0, 0.1) is 11.3 Å². The van der Waals surface area contributed by atoms with Gasteiger partial charge in [0.15, 0.2) is 0 Å². The van der Waals surface area contributed by atoms with Crippen LogP contribution in [0.5, 0.6) is 5.75 Å². The molecule has 1 aliphatic heterocycles. The number of nitriles is 1. The van der Waals surface area contributed by atoms with Gasteiger partial charge in [0.1, 0.15) is 29.3 Å². The Morgan fingerprint density at radius 3 is 3.10 bits per heavy atom. The largest absolute Gasteiger partial charge is 0.492 e. The van der Waals surface area contributed by atoms with E-state index in [9.17, 15) is 4.79 Å².